The van der Waals surface area contributed by atoms with E-state index in [2.05, 4.69) is 0 Å². The molecule has 0 bridgehead atoms. The van der Waals surface area contributed by atoms with Crippen LogP contribution in [0.3, 0.4) is 0 Å². The van der Waals surface area contributed by atoms with E-state index in [0.717, 1.165) is 10.6 Å². The van der Waals surface area contributed by atoms with Crippen LogP contribution in [0.15, 0.2) is 30.3 Å². The van der Waals surface area contributed by atoms with Gasteiger partial charge < -0.3 is 5.21 Å². The summed E-state index contributed by atoms with van der Waals surface area (Å²) in [4.78, 5) is 11.9. The molecule has 0 aliphatic rings. The van der Waals surface area contributed by atoms with Gasteiger partial charge in [0, 0.05) is 13.5 Å². The van der Waals surface area contributed by atoms with Crippen LogP contribution in [-0.2, 0) is 11.2 Å². The van der Waals surface area contributed by atoms with Gasteiger partial charge in [-0.1, -0.05) is 30.3 Å². The van der Waals surface area contributed by atoms with Crippen molar-refractivity contribution < 1.29 is 10.0 Å². The van der Waals surface area contributed by atoms with Crippen LogP contribution in [0.2, 0.25) is 0 Å². The molecule has 1 aromatic carbocycles. The molecule has 1 N–H and O–H groups in total. The number of hydrogen-bond donors (Lipinski definition) is 1. The number of rotatable bonds is 4. The smallest absolute Gasteiger partial charge is 0.159 e. The van der Waals surface area contributed by atoms with Crippen LogP contribution in [0.4, 0.5) is 0 Å². The van der Waals surface area contributed by atoms with Crippen LogP contribution < -0.4 is 0 Å². The molecule has 1 aromatic rings. The van der Waals surface area contributed by atoms with Crippen LogP contribution in [-0.4, -0.2) is 28.6 Å². The zero-order chi connectivity index (χ0) is 11.5. The molecule has 15 heavy (non-hydrogen) atoms. The molecular weight excluding hydrogens is 190 g/mol. The number of nitrogens with zero attached hydrogens (tertiary/aromatic N) is 1. The molecule has 0 spiro atoms. The van der Waals surface area contributed by atoms with E-state index < -0.39 is 5.54 Å². The van der Waals surface area contributed by atoms with Crippen molar-refractivity contribution in [3.63, 3.8) is 0 Å². The molecule has 0 saturated carbocycles. The Bertz CT molecular complexity index is 331. The molecule has 0 aliphatic carbocycles. The van der Waals surface area contributed by atoms with Gasteiger partial charge in [0.1, 0.15) is 0 Å². The summed E-state index contributed by atoms with van der Waals surface area (Å²) in [6, 6.07) is 9.53. The molecule has 0 heterocycles. The van der Waals surface area contributed by atoms with Crippen molar-refractivity contribution in [1.29, 1.82) is 0 Å². The Balaban J connectivity index is 2.72. The zero-order valence-electron chi connectivity index (χ0n) is 9.40. The van der Waals surface area contributed by atoms with E-state index in [1.807, 2.05) is 30.3 Å². The van der Waals surface area contributed by atoms with Crippen molar-refractivity contribution in [2.24, 2.45) is 0 Å². The molecule has 0 fully saturated rings. The van der Waals surface area contributed by atoms with Crippen molar-refractivity contribution >= 4 is 5.78 Å². The highest BCUT2D eigenvalue weighted by molar-refractivity contribution is 5.89. The Labute approximate surface area is 90.3 Å². The molecule has 3 nitrogen and oxygen atoms in total. The molecule has 0 unspecified atom stereocenters. The minimum atomic E-state index is -0.837. The molecule has 0 saturated heterocycles. The van der Waals surface area contributed by atoms with Crippen molar-refractivity contribution in [1.82, 2.24) is 5.06 Å². The third-order valence-corrected chi connectivity index (χ3v) is 2.70. The first-order chi connectivity index (χ1) is 6.94. The number of carbonyl (C=O) groups is 1. The second-order valence-electron chi connectivity index (χ2n) is 4.17. The minimum absolute atomic E-state index is 0.00120. The average molecular weight is 207 g/mol. The lowest BCUT2D eigenvalue weighted by molar-refractivity contribution is -0.162. The monoisotopic (exact) mass is 207 g/mol. The van der Waals surface area contributed by atoms with Gasteiger partial charge in [-0.05, 0) is 19.4 Å². The summed E-state index contributed by atoms with van der Waals surface area (Å²) in [5.74, 6) is -0.00120. The highest BCUT2D eigenvalue weighted by Gasteiger charge is 2.30. The highest BCUT2D eigenvalue weighted by Crippen LogP contribution is 2.14. The number of hydrogen-bond acceptors (Lipinski definition) is 3. The standard InChI is InChI=1S/C12H17NO2/c1-12(2,13(3)15)11(14)9-10-7-5-4-6-8-10/h4-8,15H,9H2,1-3H3. The first-order valence-corrected chi connectivity index (χ1v) is 4.94. The maximum atomic E-state index is 11.9. The van der Waals surface area contributed by atoms with E-state index in [1.54, 1.807) is 13.8 Å². The van der Waals surface area contributed by atoms with Gasteiger partial charge in [0.2, 0.25) is 0 Å². The number of benzene rings is 1. The Morgan fingerprint density at radius 2 is 1.87 bits per heavy atom. The fraction of sp³-hybridized carbons (Fsp3) is 0.417. The van der Waals surface area contributed by atoms with Crippen LogP contribution >= 0.6 is 0 Å². The summed E-state index contributed by atoms with van der Waals surface area (Å²) >= 11 is 0. The third-order valence-electron chi connectivity index (χ3n) is 2.70. The minimum Gasteiger partial charge on any atom is -0.313 e. The van der Waals surface area contributed by atoms with Gasteiger partial charge >= 0.3 is 0 Å². The summed E-state index contributed by atoms with van der Waals surface area (Å²) in [6.45, 7) is 3.41. The normalized spacial score (nSPS) is 11.8. The number of likely N-dealkylation sites (N-methyl/N-ethyl adjacent to an activating group) is 1. The number of carbonyl (C=O) groups excluding carboxylic acids is 1. The lowest BCUT2D eigenvalue weighted by Crippen LogP contribution is -2.46. The molecule has 82 valence electrons. The van der Waals surface area contributed by atoms with Crippen molar-refractivity contribution in [2.75, 3.05) is 7.05 Å². The molecule has 0 atom stereocenters. The summed E-state index contributed by atoms with van der Waals surface area (Å²) < 4.78 is 0. The fourth-order valence-electron chi connectivity index (χ4n) is 1.18. The van der Waals surface area contributed by atoms with Gasteiger partial charge in [0.25, 0.3) is 0 Å². The maximum absolute atomic E-state index is 11.9. The first kappa shape index (κ1) is 11.9. The van der Waals surface area contributed by atoms with Gasteiger partial charge in [0.05, 0.1) is 5.54 Å². The summed E-state index contributed by atoms with van der Waals surface area (Å²) in [5, 5.41) is 10.3. The molecule has 0 radical (unpaired) electrons. The van der Waals surface area contributed by atoms with Crippen LogP contribution in [0.1, 0.15) is 19.4 Å². The van der Waals surface area contributed by atoms with Crippen LogP contribution in [0.25, 0.3) is 0 Å². The van der Waals surface area contributed by atoms with E-state index in [0.29, 0.717) is 6.42 Å². The van der Waals surface area contributed by atoms with E-state index in [-0.39, 0.29) is 5.78 Å². The van der Waals surface area contributed by atoms with Gasteiger partial charge in [-0.25, -0.2) is 0 Å². The molecule has 0 aliphatic heterocycles. The Kier molecular flexibility index (Phi) is 3.61. The van der Waals surface area contributed by atoms with Crippen LogP contribution in [0, 0.1) is 0 Å². The second kappa shape index (κ2) is 4.55. The van der Waals surface area contributed by atoms with Gasteiger partial charge in [-0.2, -0.15) is 5.06 Å². The summed E-state index contributed by atoms with van der Waals surface area (Å²) in [5.41, 5.74) is 0.132. The quantitative estimate of drug-likeness (QED) is 0.766. The summed E-state index contributed by atoms with van der Waals surface area (Å²) in [7, 11) is 1.49. The predicted octanol–water partition coefficient (Wildman–Crippen LogP) is 1.90. The van der Waals surface area contributed by atoms with Crippen molar-refractivity contribution in [3.8, 4) is 0 Å². The lowest BCUT2D eigenvalue weighted by Gasteiger charge is -2.28. The van der Waals surface area contributed by atoms with E-state index >= 15 is 0 Å². The topological polar surface area (TPSA) is 40.5 Å². The van der Waals surface area contributed by atoms with Gasteiger partial charge in [-0.3, -0.25) is 4.79 Å². The highest BCUT2D eigenvalue weighted by atomic mass is 16.5. The third kappa shape index (κ3) is 2.88. The van der Waals surface area contributed by atoms with Gasteiger partial charge in [0.15, 0.2) is 5.78 Å². The number of hydroxylamine groups is 2. The fourth-order valence-corrected chi connectivity index (χ4v) is 1.18. The molecule has 1 rings (SSSR count). The molecule has 0 aromatic heterocycles. The van der Waals surface area contributed by atoms with E-state index in [4.69, 9.17) is 0 Å². The van der Waals surface area contributed by atoms with Crippen molar-refractivity contribution in [2.45, 2.75) is 25.8 Å². The molecule has 3 heteroatoms. The van der Waals surface area contributed by atoms with Gasteiger partial charge in [-0.15, -0.1) is 0 Å². The Morgan fingerprint density at radius 1 is 1.33 bits per heavy atom. The molecule has 0 amide bonds. The van der Waals surface area contributed by atoms with E-state index in [1.165, 1.54) is 7.05 Å². The predicted molar refractivity (Wildman–Crippen MR) is 58.8 cm³/mol. The summed E-state index contributed by atoms with van der Waals surface area (Å²) in [6.07, 6.45) is 0.346. The van der Waals surface area contributed by atoms with Crippen molar-refractivity contribution in [3.05, 3.63) is 35.9 Å². The maximum Gasteiger partial charge on any atom is 0.159 e. The van der Waals surface area contributed by atoms with E-state index in [9.17, 15) is 10.0 Å². The Morgan fingerprint density at radius 3 is 2.33 bits per heavy atom. The number of Topliss-reactive ketones (excluding diaryl/α,β-unsaturated/α-hetero) is 1. The number of ketones is 1. The Hall–Kier alpha value is -1.19. The first-order valence-electron chi connectivity index (χ1n) is 4.94. The molecular formula is C12H17NO2. The lowest BCUT2D eigenvalue weighted by atomic mass is 9.93. The largest absolute Gasteiger partial charge is 0.313 e. The SMILES string of the molecule is CN(O)C(C)(C)C(=O)Cc1ccccc1. The zero-order valence-corrected chi connectivity index (χ0v) is 9.40. The van der Waals surface area contributed by atoms with Crippen LogP contribution in [0.5, 0.6) is 0 Å². The average Bonchev–Trinajstić information content (AvgIpc) is 2.18. The second-order valence-corrected chi connectivity index (χ2v) is 4.17.